The van der Waals surface area contributed by atoms with E-state index in [0.29, 0.717) is 33.6 Å². The monoisotopic (exact) mass is 406 g/mol. The van der Waals surface area contributed by atoms with Gasteiger partial charge in [-0.05, 0) is 29.8 Å². The van der Waals surface area contributed by atoms with Crippen molar-refractivity contribution in [3.63, 3.8) is 0 Å². The van der Waals surface area contributed by atoms with Crippen LogP contribution in [0, 0.1) is 0 Å². The van der Waals surface area contributed by atoms with Crippen LogP contribution in [0.5, 0.6) is 5.75 Å². The average molecular weight is 407 g/mol. The van der Waals surface area contributed by atoms with E-state index in [4.69, 9.17) is 23.2 Å². The molecule has 1 amide bonds. The number of nitrogens with one attached hydrogen (secondary N) is 1. The molecule has 0 aliphatic rings. The molecule has 2 N–H and O–H groups in total. The molecule has 7 heteroatoms. The molecule has 26 heavy (non-hydrogen) atoms. The fraction of sp³-hybridized carbons (Fsp3) is 0.158. The Balaban J connectivity index is 1.54. The number of pyridine rings is 1. The Morgan fingerprint density at radius 1 is 1.12 bits per heavy atom. The summed E-state index contributed by atoms with van der Waals surface area (Å²) in [5, 5.41) is 15.1. The van der Waals surface area contributed by atoms with Crippen molar-refractivity contribution < 1.29 is 9.90 Å². The van der Waals surface area contributed by atoms with Gasteiger partial charge in [-0.2, -0.15) is 11.8 Å². The smallest absolute Gasteiger partial charge is 0.255 e. The average Bonchev–Trinajstić information content (AvgIpc) is 2.64. The third-order valence-corrected chi connectivity index (χ3v) is 5.53. The van der Waals surface area contributed by atoms with Gasteiger partial charge in [-0.3, -0.25) is 9.78 Å². The van der Waals surface area contributed by atoms with Crippen LogP contribution in [0.3, 0.4) is 0 Å². The zero-order valence-electron chi connectivity index (χ0n) is 13.7. The van der Waals surface area contributed by atoms with Crippen LogP contribution in [0.1, 0.15) is 15.9 Å². The van der Waals surface area contributed by atoms with Gasteiger partial charge < -0.3 is 10.4 Å². The van der Waals surface area contributed by atoms with E-state index in [9.17, 15) is 9.90 Å². The van der Waals surface area contributed by atoms with Crippen molar-refractivity contribution in [1.29, 1.82) is 0 Å². The first-order valence-electron chi connectivity index (χ1n) is 7.93. The summed E-state index contributed by atoms with van der Waals surface area (Å²) >= 11 is 13.9. The van der Waals surface area contributed by atoms with Gasteiger partial charge in [0.25, 0.3) is 5.91 Å². The normalized spacial score (nSPS) is 10.8. The summed E-state index contributed by atoms with van der Waals surface area (Å²) in [6.07, 6.45) is 1.58. The zero-order chi connectivity index (χ0) is 18.5. The first kappa shape index (κ1) is 18.8. The van der Waals surface area contributed by atoms with Crippen molar-refractivity contribution in [3.8, 4) is 5.75 Å². The summed E-state index contributed by atoms with van der Waals surface area (Å²) in [5.41, 5.74) is 1.53. The number of rotatable bonds is 6. The number of nitrogens with zero attached hydrogens (tertiary/aromatic N) is 1. The number of amides is 1. The Kier molecular flexibility index (Phi) is 6.25. The number of aromatic nitrogens is 1. The first-order chi connectivity index (χ1) is 12.6. The molecule has 3 aromatic rings. The number of phenols is 1. The Bertz CT molecular complexity index is 930. The SMILES string of the molecule is O=C(NCCSCc1c(Cl)cccc1Cl)c1ccc2cccnc2c1O. The quantitative estimate of drug-likeness (QED) is 0.570. The molecule has 134 valence electrons. The molecule has 1 heterocycles. The van der Waals surface area contributed by atoms with Crippen LogP contribution in [0.15, 0.2) is 48.7 Å². The molecule has 0 bridgehead atoms. The maximum atomic E-state index is 12.3. The molecule has 3 rings (SSSR count). The number of aromatic hydroxyl groups is 1. The van der Waals surface area contributed by atoms with Crippen molar-refractivity contribution >= 4 is 51.8 Å². The predicted molar refractivity (Wildman–Crippen MR) is 108 cm³/mol. The number of hydrogen-bond acceptors (Lipinski definition) is 4. The maximum Gasteiger partial charge on any atom is 0.255 e. The number of carbonyl (C=O) groups is 1. The second-order valence-corrected chi connectivity index (χ2v) is 7.47. The summed E-state index contributed by atoms with van der Waals surface area (Å²) in [6, 6.07) is 12.4. The Labute approximate surface area is 165 Å². The maximum absolute atomic E-state index is 12.3. The molecule has 0 fully saturated rings. The fourth-order valence-electron chi connectivity index (χ4n) is 2.49. The molecule has 0 aliphatic heterocycles. The van der Waals surface area contributed by atoms with E-state index in [0.717, 1.165) is 10.9 Å². The molecular weight excluding hydrogens is 391 g/mol. The number of halogens is 2. The van der Waals surface area contributed by atoms with Crippen LogP contribution in [-0.4, -0.2) is 28.3 Å². The summed E-state index contributed by atoms with van der Waals surface area (Å²) in [4.78, 5) is 16.4. The lowest BCUT2D eigenvalue weighted by Gasteiger charge is -2.09. The lowest BCUT2D eigenvalue weighted by molar-refractivity contribution is 0.0953. The van der Waals surface area contributed by atoms with Crippen molar-refractivity contribution in [1.82, 2.24) is 10.3 Å². The zero-order valence-corrected chi connectivity index (χ0v) is 16.0. The number of carbonyl (C=O) groups excluding carboxylic acids is 1. The summed E-state index contributed by atoms with van der Waals surface area (Å²) in [5.74, 6) is 0.932. The van der Waals surface area contributed by atoms with Crippen molar-refractivity contribution in [2.75, 3.05) is 12.3 Å². The Hall–Kier alpha value is -1.95. The van der Waals surface area contributed by atoms with Crippen LogP contribution >= 0.6 is 35.0 Å². The molecule has 0 radical (unpaired) electrons. The topological polar surface area (TPSA) is 62.2 Å². The van der Waals surface area contributed by atoms with E-state index in [2.05, 4.69) is 10.3 Å². The Morgan fingerprint density at radius 2 is 1.88 bits per heavy atom. The second kappa shape index (κ2) is 8.62. The third-order valence-electron chi connectivity index (χ3n) is 3.83. The van der Waals surface area contributed by atoms with Crippen LogP contribution in [0.4, 0.5) is 0 Å². The molecule has 1 aromatic heterocycles. The van der Waals surface area contributed by atoms with Gasteiger partial charge in [0.1, 0.15) is 5.52 Å². The number of hydrogen-bond donors (Lipinski definition) is 2. The largest absolute Gasteiger partial charge is 0.505 e. The number of thioether (sulfide) groups is 1. The summed E-state index contributed by atoms with van der Waals surface area (Å²) in [6.45, 7) is 0.464. The molecule has 4 nitrogen and oxygen atoms in total. The van der Waals surface area contributed by atoms with E-state index in [1.807, 2.05) is 24.3 Å². The van der Waals surface area contributed by atoms with E-state index < -0.39 is 0 Å². The molecule has 0 saturated carbocycles. The van der Waals surface area contributed by atoms with E-state index in [1.54, 1.807) is 36.2 Å². The highest BCUT2D eigenvalue weighted by atomic mass is 35.5. The molecule has 0 spiro atoms. The molecule has 0 aliphatic carbocycles. The van der Waals surface area contributed by atoms with Gasteiger partial charge in [-0.1, -0.05) is 41.4 Å². The fourth-order valence-corrected chi connectivity index (χ4v) is 4.08. The van der Waals surface area contributed by atoms with E-state index >= 15 is 0 Å². The minimum absolute atomic E-state index is 0.101. The van der Waals surface area contributed by atoms with Gasteiger partial charge in [-0.15, -0.1) is 0 Å². The number of fused-ring (bicyclic) bond motifs is 1. The molecule has 0 unspecified atom stereocenters. The summed E-state index contributed by atoms with van der Waals surface area (Å²) < 4.78 is 0. The molecule has 0 saturated heterocycles. The van der Waals surface area contributed by atoms with Crippen molar-refractivity contribution in [2.45, 2.75) is 5.75 Å². The summed E-state index contributed by atoms with van der Waals surface area (Å²) in [7, 11) is 0. The predicted octanol–water partition coefficient (Wildman–Crippen LogP) is 4.91. The lowest BCUT2D eigenvalue weighted by atomic mass is 10.1. The van der Waals surface area contributed by atoms with E-state index in [1.165, 1.54) is 0 Å². The highest BCUT2D eigenvalue weighted by Crippen LogP contribution is 2.28. The molecular formula is C19H16Cl2N2O2S. The van der Waals surface area contributed by atoms with Gasteiger partial charge in [0.05, 0.1) is 5.56 Å². The second-order valence-electron chi connectivity index (χ2n) is 5.55. The van der Waals surface area contributed by atoms with Crippen molar-refractivity contribution in [2.24, 2.45) is 0 Å². The highest BCUT2D eigenvalue weighted by molar-refractivity contribution is 7.98. The van der Waals surface area contributed by atoms with Crippen LogP contribution < -0.4 is 5.32 Å². The first-order valence-corrected chi connectivity index (χ1v) is 9.84. The van der Waals surface area contributed by atoms with Crippen molar-refractivity contribution in [3.05, 3.63) is 69.8 Å². The molecule has 0 atom stereocenters. The Morgan fingerprint density at radius 3 is 2.65 bits per heavy atom. The number of phenolic OH excluding ortho intramolecular Hbond substituents is 1. The third kappa shape index (κ3) is 4.23. The highest BCUT2D eigenvalue weighted by Gasteiger charge is 2.14. The van der Waals surface area contributed by atoms with Gasteiger partial charge in [0.2, 0.25) is 0 Å². The van der Waals surface area contributed by atoms with Gasteiger partial charge >= 0.3 is 0 Å². The van der Waals surface area contributed by atoms with Crippen LogP contribution in [0.25, 0.3) is 10.9 Å². The minimum atomic E-state index is -0.327. The number of benzene rings is 2. The van der Waals surface area contributed by atoms with Gasteiger partial charge in [0, 0.05) is 39.7 Å². The van der Waals surface area contributed by atoms with Gasteiger partial charge in [0.15, 0.2) is 5.75 Å². The molecule has 2 aromatic carbocycles. The standard InChI is InChI=1S/C19H16Cl2N2O2S/c20-15-4-1-5-16(21)14(15)11-26-10-9-23-19(25)13-7-6-12-3-2-8-22-17(12)18(13)24/h1-8,24H,9-11H2,(H,23,25). The lowest BCUT2D eigenvalue weighted by Crippen LogP contribution is -2.25. The van der Waals surface area contributed by atoms with Crippen LogP contribution in [-0.2, 0) is 5.75 Å². The van der Waals surface area contributed by atoms with Gasteiger partial charge in [-0.25, -0.2) is 0 Å². The minimum Gasteiger partial charge on any atom is -0.505 e. The van der Waals surface area contributed by atoms with E-state index in [-0.39, 0.29) is 17.2 Å². The van der Waals surface area contributed by atoms with Crippen LogP contribution in [0.2, 0.25) is 10.0 Å².